The van der Waals surface area contributed by atoms with Gasteiger partial charge >= 0.3 is 6.09 Å². The summed E-state index contributed by atoms with van der Waals surface area (Å²) < 4.78 is 35.1. The second-order valence-electron chi connectivity index (χ2n) is 11.8. The van der Waals surface area contributed by atoms with Gasteiger partial charge in [0.1, 0.15) is 34.8 Å². The maximum absolute atomic E-state index is 15.4. The molecule has 10 nitrogen and oxygen atoms in total. The lowest BCUT2D eigenvalue weighted by molar-refractivity contribution is 0.0574. The molecule has 0 spiro atoms. The lowest BCUT2D eigenvalue weighted by Crippen LogP contribution is -2.38. The van der Waals surface area contributed by atoms with E-state index in [1.807, 2.05) is 6.07 Å². The molecule has 0 saturated heterocycles. The minimum absolute atomic E-state index is 0.137. The van der Waals surface area contributed by atoms with Crippen LogP contribution in [0.25, 0.3) is 16.8 Å². The maximum atomic E-state index is 15.4. The van der Waals surface area contributed by atoms with Crippen molar-refractivity contribution in [2.75, 3.05) is 18.1 Å². The summed E-state index contributed by atoms with van der Waals surface area (Å²) in [4.78, 5) is 19.6. The van der Waals surface area contributed by atoms with Crippen LogP contribution in [0.2, 0.25) is 0 Å². The molecule has 0 radical (unpaired) electrons. The molecule has 2 aliphatic rings. The number of aromatic nitrogens is 4. The van der Waals surface area contributed by atoms with E-state index in [9.17, 15) is 9.90 Å². The number of hydrogen-bond donors (Lipinski definition) is 1. The highest BCUT2D eigenvalue weighted by Crippen LogP contribution is 2.44. The van der Waals surface area contributed by atoms with Crippen LogP contribution in [-0.4, -0.2) is 55.2 Å². The third-order valence-electron chi connectivity index (χ3n) is 6.83. The number of halogens is 1. The van der Waals surface area contributed by atoms with Crippen molar-refractivity contribution >= 4 is 17.6 Å². The number of carbonyl (C=O) groups is 1. The number of anilines is 1. The quantitative estimate of drug-likeness (QED) is 0.323. The van der Waals surface area contributed by atoms with Crippen molar-refractivity contribution in [2.45, 2.75) is 58.3 Å². The molecule has 0 fully saturated rings. The van der Waals surface area contributed by atoms with E-state index in [1.165, 1.54) is 17.3 Å². The Morgan fingerprint density at radius 1 is 1.12 bits per heavy atom. The normalized spacial score (nSPS) is 16.2. The molecule has 2 aliphatic heterocycles. The van der Waals surface area contributed by atoms with Crippen LogP contribution in [0.1, 0.15) is 57.4 Å². The molecule has 1 N–H and O–H groups in total. The van der Waals surface area contributed by atoms with E-state index in [0.29, 0.717) is 57.5 Å². The van der Waals surface area contributed by atoms with Gasteiger partial charge in [-0.25, -0.2) is 14.2 Å². The average Bonchev–Trinajstić information content (AvgIpc) is 3.57. The number of rotatable bonds is 1. The van der Waals surface area contributed by atoms with Crippen LogP contribution in [0.3, 0.4) is 0 Å². The number of pyridine rings is 2. The van der Waals surface area contributed by atoms with Crippen LogP contribution in [0.5, 0.6) is 11.5 Å². The Balaban J connectivity index is 1.59. The molecule has 42 heavy (non-hydrogen) atoms. The van der Waals surface area contributed by atoms with E-state index in [2.05, 4.69) is 27.0 Å². The first kappa shape index (κ1) is 27.5. The predicted octanol–water partition coefficient (Wildman–Crippen LogP) is 4.86. The van der Waals surface area contributed by atoms with Gasteiger partial charge in [0.05, 0.1) is 25.7 Å². The lowest BCUT2D eigenvalue weighted by atomic mass is 9.95. The summed E-state index contributed by atoms with van der Waals surface area (Å²) in [6.07, 6.45) is 2.39. The maximum Gasteiger partial charge on any atom is 0.416 e. The van der Waals surface area contributed by atoms with Crippen LogP contribution in [0.15, 0.2) is 42.9 Å². The third kappa shape index (κ3) is 5.10. The number of amides is 1. The molecule has 1 atom stereocenters. The second kappa shape index (κ2) is 9.99. The third-order valence-corrected chi connectivity index (χ3v) is 6.83. The Kier molecular flexibility index (Phi) is 6.54. The number of fused-ring (bicyclic) bond motifs is 3. The molecule has 4 aromatic rings. The Morgan fingerprint density at radius 3 is 2.62 bits per heavy atom. The van der Waals surface area contributed by atoms with E-state index in [0.717, 1.165) is 0 Å². The molecule has 216 valence electrons. The zero-order chi connectivity index (χ0) is 29.8. The van der Waals surface area contributed by atoms with Gasteiger partial charge in [0.2, 0.25) is 0 Å². The minimum atomic E-state index is -1.23. The summed E-state index contributed by atoms with van der Waals surface area (Å²) >= 11 is 0. The fraction of sp³-hybridized carbons (Fsp3) is 0.355. The molecular formula is C31H30FN5O5. The highest BCUT2D eigenvalue weighted by Gasteiger charge is 2.37. The summed E-state index contributed by atoms with van der Waals surface area (Å²) in [6.45, 7) is 8.82. The molecule has 6 rings (SSSR count). The molecule has 0 aliphatic carbocycles. The highest BCUT2D eigenvalue weighted by atomic mass is 19.1. The zero-order valence-corrected chi connectivity index (χ0v) is 23.9. The minimum Gasteiger partial charge on any atom is -0.493 e. The van der Waals surface area contributed by atoms with Gasteiger partial charge in [-0.2, -0.15) is 0 Å². The molecule has 0 bridgehead atoms. The van der Waals surface area contributed by atoms with E-state index >= 15 is 4.39 Å². The summed E-state index contributed by atoms with van der Waals surface area (Å²) in [5.41, 5.74) is 0.984. The van der Waals surface area contributed by atoms with Crippen molar-refractivity contribution in [1.29, 1.82) is 0 Å². The van der Waals surface area contributed by atoms with Gasteiger partial charge in [0, 0.05) is 28.5 Å². The van der Waals surface area contributed by atoms with Gasteiger partial charge in [0.15, 0.2) is 17.2 Å². The van der Waals surface area contributed by atoms with Crippen LogP contribution in [-0.2, 0) is 11.3 Å². The molecule has 1 aromatic carbocycles. The number of benzene rings is 1. The molecule has 11 heteroatoms. The van der Waals surface area contributed by atoms with Crippen molar-refractivity contribution in [1.82, 2.24) is 19.6 Å². The first-order valence-corrected chi connectivity index (χ1v) is 13.5. The summed E-state index contributed by atoms with van der Waals surface area (Å²) in [7, 11) is 0. The van der Waals surface area contributed by atoms with Crippen LogP contribution >= 0.6 is 0 Å². The Labute approximate surface area is 242 Å². The smallest absolute Gasteiger partial charge is 0.416 e. The summed E-state index contributed by atoms with van der Waals surface area (Å²) in [6, 6.07) is 8.31. The average molecular weight is 572 g/mol. The van der Waals surface area contributed by atoms with Gasteiger partial charge < -0.3 is 19.3 Å². The Hall–Kier alpha value is -4.69. The van der Waals surface area contributed by atoms with Gasteiger partial charge in [-0.3, -0.25) is 9.30 Å². The number of aliphatic hydroxyl groups is 1. The Morgan fingerprint density at radius 2 is 1.88 bits per heavy atom. The zero-order valence-electron chi connectivity index (χ0n) is 23.9. The molecule has 0 unspecified atom stereocenters. The number of carbonyl (C=O) groups excluding carboxylic acids is 1. The van der Waals surface area contributed by atoms with E-state index in [4.69, 9.17) is 14.2 Å². The van der Waals surface area contributed by atoms with Crippen LogP contribution in [0, 0.1) is 17.7 Å². The predicted molar refractivity (Wildman–Crippen MR) is 152 cm³/mol. The van der Waals surface area contributed by atoms with Gasteiger partial charge in [0.25, 0.3) is 0 Å². The fourth-order valence-corrected chi connectivity index (χ4v) is 5.10. The van der Waals surface area contributed by atoms with Gasteiger partial charge in [-0.15, -0.1) is 10.2 Å². The summed E-state index contributed by atoms with van der Waals surface area (Å²) in [5, 5.41) is 18.7. The molecule has 1 amide bonds. The fourth-order valence-electron chi connectivity index (χ4n) is 5.10. The van der Waals surface area contributed by atoms with Crippen molar-refractivity contribution in [3.63, 3.8) is 0 Å². The first-order valence-electron chi connectivity index (χ1n) is 13.5. The van der Waals surface area contributed by atoms with Gasteiger partial charge in [-0.05, 0) is 70.9 Å². The second-order valence-corrected chi connectivity index (χ2v) is 11.8. The standard InChI is InChI=1S/C31H30FN5O5/c1-30(2,3)42-29(38)36-14-21-22(32)8-9-24-26(21)18(15-40-24)16-41-25-13-20(27-35-34-17-37(27)28(25)36)19-7-6-12-33-23(19)10-11-31(4,5)39/h6-9,12-13,17-18,39H,14-16H2,1-5H3/t18-/m1/s1. The number of nitrogens with zero attached hydrogens (tertiary/aromatic N) is 5. The monoisotopic (exact) mass is 571 g/mol. The number of hydrogen-bond acceptors (Lipinski definition) is 8. The molecule has 3 aromatic heterocycles. The van der Waals surface area contributed by atoms with Crippen molar-refractivity contribution in [2.24, 2.45) is 0 Å². The largest absolute Gasteiger partial charge is 0.493 e. The SMILES string of the molecule is CC(C)(O)C#Cc1ncccc1-c1cc2c(n3cnnc13)N(C(=O)OC(C)(C)C)Cc1c(F)ccc3c1[C@H](CO3)CO2. The summed E-state index contributed by atoms with van der Waals surface area (Å²) in [5.74, 6) is 6.24. The molecule has 0 saturated carbocycles. The van der Waals surface area contributed by atoms with Crippen LogP contribution < -0.4 is 14.4 Å². The molecule has 5 heterocycles. The first-order chi connectivity index (χ1) is 19.9. The van der Waals surface area contributed by atoms with E-state index in [1.54, 1.807) is 63.4 Å². The number of ether oxygens (including phenoxy) is 3. The van der Waals surface area contributed by atoms with Crippen molar-refractivity contribution < 1.29 is 28.5 Å². The topological polar surface area (TPSA) is 111 Å². The Bertz CT molecular complexity index is 1780. The highest BCUT2D eigenvalue weighted by molar-refractivity contribution is 5.92. The van der Waals surface area contributed by atoms with Gasteiger partial charge in [-0.1, -0.05) is 5.92 Å². The molecular weight excluding hydrogens is 541 g/mol. The van der Waals surface area contributed by atoms with Crippen molar-refractivity contribution in [3.8, 4) is 34.5 Å². The van der Waals surface area contributed by atoms with Crippen LogP contribution in [0.4, 0.5) is 15.0 Å². The lowest BCUT2D eigenvalue weighted by Gasteiger charge is -2.29. The van der Waals surface area contributed by atoms with E-state index < -0.39 is 23.1 Å². The van der Waals surface area contributed by atoms with Crippen molar-refractivity contribution in [3.05, 3.63) is 65.5 Å². The van der Waals surface area contributed by atoms with E-state index in [-0.39, 0.29) is 19.1 Å².